The van der Waals surface area contributed by atoms with Gasteiger partial charge < -0.3 is 11.1 Å². The molecule has 0 spiro atoms. The number of hydrogen-bond donors (Lipinski definition) is 2. The van der Waals surface area contributed by atoms with Crippen LogP contribution in [0.5, 0.6) is 0 Å². The van der Waals surface area contributed by atoms with Gasteiger partial charge in [-0.05, 0) is 31.9 Å². The summed E-state index contributed by atoms with van der Waals surface area (Å²) in [6, 6.07) is 9.73. The number of amides is 1. The molecular weight excluding hydrogens is 328 g/mol. The van der Waals surface area contributed by atoms with Crippen molar-refractivity contribution in [3.8, 4) is 5.69 Å². The number of benzene rings is 1. The van der Waals surface area contributed by atoms with Crippen molar-refractivity contribution in [3.05, 3.63) is 47.9 Å². The molecule has 0 bridgehead atoms. The number of rotatable bonds is 6. The fourth-order valence-electron chi connectivity index (χ4n) is 3.09. The van der Waals surface area contributed by atoms with Gasteiger partial charge in [-0.25, -0.2) is 4.68 Å². The summed E-state index contributed by atoms with van der Waals surface area (Å²) in [7, 11) is 0. The Labute approximate surface area is 152 Å². The molecule has 0 saturated carbocycles. The number of para-hydroxylation sites is 1. The third kappa shape index (κ3) is 3.06. The van der Waals surface area contributed by atoms with Gasteiger partial charge in [0.05, 0.1) is 22.4 Å². The first-order valence-corrected chi connectivity index (χ1v) is 8.84. The molecule has 0 fully saturated rings. The number of nitrogens with zero attached hydrogens (tertiary/aromatic N) is 4. The number of carbonyl (C=O) groups excluding carboxylic acids is 1. The van der Waals surface area contributed by atoms with E-state index in [4.69, 9.17) is 5.73 Å². The van der Waals surface area contributed by atoms with Crippen molar-refractivity contribution in [2.24, 2.45) is 5.73 Å². The average molecular weight is 352 g/mol. The Morgan fingerprint density at radius 1 is 1.23 bits per heavy atom. The molecule has 1 aromatic carbocycles. The summed E-state index contributed by atoms with van der Waals surface area (Å²) in [6.45, 7) is 6.25. The van der Waals surface area contributed by atoms with Crippen LogP contribution in [0.3, 0.4) is 0 Å². The average Bonchev–Trinajstić information content (AvgIpc) is 3.07. The minimum absolute atomic E-state index is 0.254. The van der Waals surface area contributed by atoms with Crippen molar-refractivity contribution in [2.45, 2.75) is 39.2 Å². The predicted molar refractivity (Wildman–Crippen MR) is 101 cm³/mol. The molecule has 0 radical (unpaired) electrons. The molecule has 2 heterocycles. The molecule has 0 aliphatic heterocycles. The van der Waals surface area contributed by atoms with Crippen molar-refractivity contribution >= 4 is 16.8 Å². The van der Waals surface area contributed by atoms with Crippen molar-refractivity contribution < 1.29 is 4.79 Å². The lowest BCUT2D eigenvalue weighted by Crippen LogP contribution is -2.53. The van der Waals surface area contributed by atoms with Gasteiger partial charge in [0.2, 0.25) is 0 Å². The number of pyridine rings is 1. The third-order valence-corrected chi connectivity index (χ3v) is 5.07. The van der Waals surface area contributed by atoms with Crippen LogP contribution in [0, 0.1) is 6.92 Å². The van der Waals surface area contributed by atoms with E-state index in [-0.39, 0.29) is 5.91 Å². The highest BCUT2D eigenvalue weighted by atomic mass is 16.2. The Kier molecular flexibility index (Phi) is 4.99. The highest BCUT2D eigenvalue weighted by Gasteiger charge is 2.29. The van der Waals surface area contributed by atoms with Gasteiger partial charge in [0.25, 0.3) is 5.91 Å². The molecule has 0 saturated heterocycles. The Hall–Kier alpha value is -2.80. The fourth-order valence-corrected chi connectivity index (χ4v) is 3.09. The molecule has 1 amide bonds. The summed E-state index contributed by atoms with van der Waals surface area (Å²) in [5.41, 5.74) is 8.04. The van der Waals surface area contributed by atoms with Crippen molar-refractivity contribution in [1.82, 2.24) is 25.3 Å². The molecule has 2 aromatic heterocycles. The van der Waals surface area contributed by atoms with Crippen LogP contribution in [-0.2, 0) is 0 Å². The molecule has 26 heavy (non-hydrogen) atoms. The summed E-state index contributed by atoms with van der Waals surface area (Å²) in [6.07, 6.45) is 3.25. The minimum atomic E-state index is -0.422. The van der Waals surface area contributed by atoms with Gasteiger partial charge in [0, 0.05) is 18.1 Å². The van der Waals surface area contributed by atoms with Gasteiger partial charge in [0.15, 0.2) is 5.69 Å². The highest BCUT2D eigenvalue weighted by Crippen LogP contribution is 2.22. The van der Waals surface area contributed by atoms with Crippen LogP contribution >= 0.6 is 0 Å². The fraction of sp³-hybridized carbons (Fsp3) is 0.368. The number of fused-ring (bicyclic) bond motifs is 1. The third-order valence-electron chi connectivity index (χ3n) is 5.07. The molecule has 3 N–H and O–H groups in total. The first-order valence-electron chi connectivity index (χ1n) is 8.84. The summed E-state index contributed by atoms with van der Waals surface area (Å²) in [5, 5.41) is 12.4. The van der Waals surface area contributed by atoms with Crippen LogP contribution in [0.2, 0.25) is 0 Å². The number of carbonyl (C=O) groups is 1. The lowest BCUT2D eigenvalue weighted by Gasteiger charge is -2.31. The molecular formula is C19H24N6O. The van der Waals surface area contributed by atoms with Gasteiger partial charge in [-0.1, -0.05) is 37.3 Å². The van der Waals surface area contributed by atoms with Gasteiger partial charge >= 0.3 is 0 Å². The summed E-state index contributed by atoms with van der Waals surface area (Å²) < 4.78 is 1.66. The normalized spacial score (nSPS) is 11.7. The lowest BCUT2D eigenvalue weighted by molar-refractivity contribution is 0.0889. The Morgan fingerprint density at radius 3 is 2.65 bits per heavy atom. The van der Waals surface area contributed by atoms with E-state index >= 15 is 0 Å². The zero-order valence-electron chi connectivity index (χ0n) is 15.4. The van der Waals surface area contributed by atoms with Crippen molar-refractivity contribution in [1.29, 1.82) is 0 Å². The monoisotopic (exact) mass is 352 g/mol. The van der Waals surface area contributed by atoms with Crippen LogP contribution in [0.4, 0.5) is 0 Å². The SMILES string of the molecule is CCC(CC)(CN)NC(=O)c1nnn(-c2cccc3cccnc23)c1C. The van der Waals surface area contributed by atoms with E-state index in [1.54, 1.807) is 10.9 Å². The molecule has 7 heteroatoms. The van der Waals surface area contributed by atoms with Gasteiger partial charge in [-0.2, -0.15) is 0 Å². The van der Waals surface area contributed by atoms with Crippen LogP contribution in [0.25, 0.3) is 16.6 Å². The van der Waals surface area contributed by atoms with Crippen molar-refractivity contribution in [3.63, 3.8) is 0 Å². The smallest absolute Gasteiger partial charge is 0.274 e. The molecule has 3 aromatic rings. The van der Waals surface area contributed by atoms with E-state index in [9.17, 15) is 4.79 Å². The maximum atomic E-state index is 12.8. The maximum Gasteiger partial charge on any atom is 0.274 e. The summed E-state index contributed by atoms with van der Waals surface area (Å²) >= 11 is 0. The standard InChI is InChI=1S/C19H24N6O/c1-4-19(5-2,12-20)22-18(26)16-13(3)25(24-23-16)15-10-6-8-14-9-7-11-21-17(14)15/h6-11H,4-5,12,20H2,1-3H3,(H,22,26). The zero-order valence-corrected chi connectivity index (χ0v) is 15.4. The largest absolute Gasteiger partial charge is 0.344 e. The minimum Gasteiger partial charge on any atom is -0.344 e. The second kappa shape index (κ2) is 7.21. The molecule has 0 aliphatic carbocycles. The number of nitrogens with one attached hydrogen (secondary N) is 1. The van der Waals surface area contributed by atoms with Crippen LogP contribution in [-0.4, -0.2) is 38.0 Å². The molecule has 0 aliphatic rings. The molecule has 3 rings (SSSR count). The van der Waals surface area contributed by atoms with Crippen LogP contribution in [0.15, 0.2) is 36.5 Å². The highest BCUT2D eigenvalue weighted by molar-refractivity contribution is 5.94. The first-order chi connectivity index (χ1) is 12.5. The Bertz CT molecular complexity index is 915. The van der Waals surface area contributed by atoms with Gasteiger partial charge in [-0.3, -0.25) is 9.78 Å². The van der Waals surface area contributed by atoms with Gasteiger partial charge in [0.1, 0.15) is 0 Å². The van der Waals surface area contributed by atoms with E-state index in [0.717, 1.165) is 29.4 Å². The Balaban J connectivity index is 1.99. The Morgan fingerprint density at radius 2 is 1.96 bits per heavy atom. The van der Waals surface area contributed by atoms with E-state index in [1.165, 1.54) is 0 Å². The molecule has 7 nitrogen and oxygen atoms in total. The quantitative estimate of drug-likeness (QED) is 0.709. The van der Waals surface area contributed by atoms with Crippen LogP contribution in [0.1, 0.15) is 42.9 Å². The van der Waals surface area contributed by atoms with Crippen molar-refractivity contribution in [2.75, 3.05) is 6.54 Å². The van der Waals surface area contributed by atoms with E-state index < -0.39 is 5.54 Å². The number of nitrogens with two attached hydrogens (primary N) is 1. The molecule has 0 atom stereocenters. The molecule has 0 unspecified atom stereocenters. The molecule has 136 valence electrons. The maximum absolute atomic E-state index is 12.8. The topological polar surface area (TPSA) is 98.7 Å². The van der Waals surface area contributed by atoms with E-state index in [0.29, 0.717) is 17.9 Å². The predicted octanol–water partition coefficient (Wildman–Crippen LogP) is 2.37. The lowest BCUT2D eigenvalue weighted by atomic mass is 9.92. The second-order valence-corrected chi connectivity index (χ2v) is 6.43. The van der Waals surface area contributed by atoms with E-state index in [1.807, 2.05) is 51.1 Å². The number of aromatic nitrogens is 4. The van der Waals surface area contributed by atoms with E-state index in [2.05, 4.69) is 20.6 Å². The zero-order chi connectivity index (χ0) is 18.7. The number of hydrogen-bond acceptors (Lipinski definition) is 5. The second-order valence-electron chi connectivity index (χ2n) is 6.43. The summed E-state index contributed by atoms with van der Waals surface area (Å²) in [4.78, 5) is 17.2. The van der Waals surface area contributed by atoms with Crippen LogP contribution < -0.4 is 11.1 Å². The summed E-state index contributed by atoms with van der Waals surface area (Å²) in [5.74, 6) is -0.254. The first kappa shape index (κ1) is 18.0. The van der Waals surface area contributed by atoms with Gasteiger partial charge in [-0.15, -0.1) is 5.10 Å².